The van der Waals surface area contributed by atoms with Gasteiger partial charge in [0.1, 0.15) is 5.60 Å². The van der Waals surface area contributed by atoms with Crippen molar-refractivity contribution in [1.29, 1.82) is 0 Å². The zero-order chi connectivity index (χ0) is 24.0. The summed E-state index contributed by atoms with van der Waals surface area (Å²) in [5.41, 5.74) is 3.40. The van der Waals surface area contributed by atoms with Crippen molar-refractivity contribution >= 4 is 11.8 Å². The van der Waals surface area contributed by atoms with Gasteiger partial charge in [0, 0.05) is 12.0 Å². The summed E-state index contributed by atoms with van der Waals surface area (Å²) >= 11 is 0. The smallest absolute Gasteiger partial charge is 0.338 e. The molecule has 4 aromatic rings. The molecule has 0 aliphatic rings. The molecule has 1 unspecified atom stereocenters. The molecule has 4 aromatic carbocycles. The molecule has 0 saturated carbocycles. The van der Waals surface area contributed by atoms with Crippen LogP contribution in [-0.4, -0.2) is 17.4 Å². The van der Waals surface area contributed by atoms with Crippen LogP contribution in [-0.2, 0) is 4.74 Å². The van der Waals surface area contributed by atoms with Crippen molar-refractivity contribution in [1.82, 2.24) is 0 Å². The molecule has 0 radical (unpaired) electrons. The Morgan fingerprint density at radius 1 is 0.647 bits per heavy atom. The van der Waals surface area contributed by atoms with Gasteiger partial charge in [-0.2, -0.15) is 0 Å². The van der Waals surface area contributed by atoms with Gasteiger partial charge in [-0.05, 0) is 42.7 Å². The minimum atomic E-state index is -0.847. The molecule has 0 aromatic heterocycles. The number of hydrogen-bond acceptors (Lipinski definition) is 3. The third-order valence-electron chi connectivity index (χ3n) is 5.87. The molecule has 0 heterocycles. The Bertz CT molecular complexity index is 1230. The number of ether oxygens (including phenoxy) is 1. The van der Waals surface area contributed by atoms with E-state index in [2.05, 4.69) is 12.1 Å². The molecule has 0 fully saturated rings. The van der Waals surface area contributed by atoms with Crippen LogP contribution in [0.15, 0.2) is 115 Å². The lowest BCUT2D eigenvalue weighted by Crippen LogP contribution is -2.32. The molecule has 3 nitrogen and oxygen atoms in total. The molecular weight excluding hydrogens is 420 g/mol. The van der Waals surface area contributed by atoms with E-state index in [-0.39, 0.29) is 5.78 Å². The Balaban J connectivity index is 1.62. The molecule has 0 aliphatic carbocycles. The number of rotatable bonds is 8. The molecule has 4 rings (SSSR count). The fourth-order valence-corrected chi connectivity index (χ4v) is 4.12. The molecule has 0 spiro atoms. The maximum absolute atomic E-state index is 13.6. The second-order valence-corrected chi connectivity index (χ2v) is 8.99. The van der Waals surface area contributed by atoms with Crippen LogP contribution < -0.4 is 0 Å². The van der Waals surface area contributed by atoms with Crippen molar-refractivity contribution in [3.63, 3.8) is 0 Å². The number of carbonyl (C=O) groups excluding carboxylic acids is 2. The van der Waals surface area contributed by atoms with E-state index in [0.29, 0.717) is 17.5 Å². The zero-order valence-corrected chi connectivity index (χ0v) is 19.5. The predicted molar refractivity (Wildman–Crippen MR) is 136 cm³/mol. The molecule has 0 aliphatic heterocycles. The van der Waals surface area contributed by atoms with E-state index < -0.39 is 17.5 Å². The third-order valence-corrected chi connectivity index (χ3v) is 5.87. The minimum absolute atomic E-state index is 0.0110. The zero-order valence-electron chi connectivity index (χ0n) is 19.5. The molecule has 1 atom stereocenters. The first-order chi connectivity index (χ1) is 16.4. The van der Waals surface area contributed by atoms with Crippen LogP contribution in [0.2, 0.25) is 0 Å². The summed E-state index contributed by atoms with van der Waals surface area (Å²) < 4.78 is 5.86. The number of carbonyl (C=O) groups is 2. The average Bonchev–Trinajstić information content (AvgIpc) is 2.88. The number of hydrogen-bond donors (Lipinski definition) is 0. The van der Waals surface area contributed by atoms with Crippen LogP contribution in [0, 0.1) is 0 Å². The van der Waals surface area contributed by atoms with Gasteiger partial charge in [0.15, 0.2) is 5.78 Å². The van der Waals surface area contributed by atoms with Gasteiger partial charge in [0.25, 0.3) is 0 Å². The third kappa shape index (κ3) is 5.68. The lowest BCUT2D eigenvalue weighted by Gasteiger charge is -2.29. The summed E-state index contributed by atoms with van der Waals surface area (Å²) in [5, 5.41) is 0. The Morgan fingerprint density at radius 3 is 1.68 bits per heavy atom. The van der Waals surface area contributed by atoms with E-state index >= 15 is 0 Å². The van der Waals surface area contributed by atoms with E-state index in [1.807, 2.05) is 92.7 Å². The van der Waals surface area contributed by atoms with Crippen molar-refractivity contribution in [3.8, 4) is 11.1 Å². The fraction of sp³-hybridized carbons (Fsp3) is 0.161. The number of esters is 1. The molecule has 0 amide bonds. The maximum Gasteiger partial charge on any atom is 0.338 e. The van der Waals surface area contributed by atoms with Crippen LogP contribution in [0.25, 0.3) is 11.1 Å². The van der Waals surface area contributed by atoms with E-state index in [4.69, 9.17) is 4.74 Å². The van der Waals surface area contributed by atoms with E-state index in [1.165, 1.54) is 0 Å². The highest BCUT2D eigenvalue weighted by atomic mass is 16.6. The van der Waals surface area contributed by atoms with Gasteiger partial charge in [-0.25, -0.2) is 4.79 Å². The lowest BCUT2D eigenvalue weighted by atomic mass is 9.82. The monoisotopic (exact) mass is 448 g/mol. The highest BCUT2D eigenvalue weighted by molar-refractivity contribution is 6.01. The quantitative estimate of drug-likeness (QED) is 0.209. The largest absolute Gasteiger partial charge is 0.456 e. The molecule has 0 saturated heterocycles. The molecule has 0 N–H and O–H groups in total. The summed E-state index contributed by atoms with van der Waals surface area (Å²) in [4.78, 5) is 26.3. The van der Waals surface area contributed by atoms with E-state index in [1.54, 1.807) is 24.3 Å². The van der Waals surface area contributed by atoms with E-state index in [0.717, 1.165) is 16.7 Å². The maximum atomic E-state index is 13.6. The number of Topliss-reactive ketones (excluding diaryl/α,β-unsaturated/α-hetero) is 1. The van der Waals surface area contributed by atoms with Crippen LogP contribution in [0.4, 0.5) is 0 Å². The van der Waals surface area contributed by atoms with Crippen molar-refractivity contribution in [2.45, 2.75) is 31.8 Å². The van der Waals surface area contributed by atoms with Gasteiger partial charge in [0.05, 0.1) is 11.5 Å². The van der Waals surface area contributed by atoms with Crippen LogP contribution >= 0.6 is 0 Å². The predicted octanol–water partition coefficient (Wildman–Crippen LogP) is 7.35. The molecule has 170 valence electrons. The first-order valence-corrected chi connectivity index (χ1v) is 11.5. The Hall–Kier alpha value is -3.98. The first-order valence-electron chi connectivity index (χ1n) is 11.5. The lowest BCUT2D eigenvalue weighted by molar-refractivity contribution is -0.00708. The van der Waals surface area contributed by atoms with Gasteiger partial charge in [-0.1, -0.05) is 103 Å². The van der Waals surface area contributed by atoms with Crippen LogP contribution in [0.5, 0.6) is 0 Å². The Labute approximate surface area is 201 Å². The second-order valence-electron chi connectivity index (χ2n) is 8.99. The summed E-state index contributed by atoms with van der Waals surface area (Å²) in [7, 11) is 0. The summed E-state index contributed by atoms with van der Waals surface area (Å²) in [6, 6.07) is 36.4. The highest BCUT2D eigenvalue weighted by Crippen LogP contribution is 2.33. The van der Waals surface area contributed by atoms with Crippen molar-refractivity contribution < 1.29 is 14.3 Å². The van der Waals surface area contributed by atoms with Crippen molar-refractivity contribution in [2.24, 2.45) is 0 Å². The normalized spacial score (nSPS) is 12.1. The molecule has 3 heteroatoms. The van der Waals surface area contributed by atoms with Gasteiger partial charge in [-0.15, -0.1) is 0 Å². The Morgan fingerprint density at radius 2 is 1.12 bits per heavy atom. The van der Waals surface area contributed by atoms with Gasteiger partial charge in [-0.3, -0.25) is 4.79 Å². The first kappa shape index (κ1) is 23.2. The van der Waals surface area contributed by atoms with E-state index in [9.17, 15) is 9.59 Å². The number of benzene rings is 4. The molecular formula is C31H28O3. The summed E-state index contributed by atoms with van der Waals surface area (Å²) in [6.07, 6.45) is 0.365. The minimum Gasteiger partial charge on any atom is -0.456 e. The Kier molecular flexibility index (Phi) is 7.03. The fourth-order valence-electron chi connectivity index (χ4n) is 4.12. The summed E-state index contributed by atoms with van der Waals surface area (Å²) in [6.45, 7) is 3.72. The van der Waals surface area contributed by atoms with Gasteiger partial charge in [0.2, 0.25) is 0 Å². The molecule has 0 bridgehead atoms. The second kappa shape index (κ2) is 10.3. The highest BCUT2D eigenvalue weighted by Gasteiger charge is 2.33. The molecule has 34 heavy (non-hydrogen) atoms. The van der Waals surface area contributed by atoms with Gasteiger partial charge >= 0.3 is 5.97 Å². The standard InChI is InChI=1S/C31H28O3/c1-31(2,34-30(33)27-16-10-5-11-17-27)22-28(29(32)26-14-8-4-9-15-26)25-20-18-24(19-21-25)23-12-6-3-7-13-23/h3-21,28H,22H2,1-2H3. The average molecular weight is 449 g/mol. The summed E-state index contributed by atoms with van der Waals surface area (Å²) in [5.74, 6) is -0.835. The SMILES string of the molecule is CC(C)(CC(C(=O)c1ccccc1)c1ccc(-c2ccccc2)cc1)OC(=O)c1ccccc1. The van der Waals surface area contributed by atoms with Gasteiger partial charge < -0.3 is 4.74 Å². The van der Waals surface area contributed by atoms with Crippen LogP contribution in [0.3, 0.4) is 0 Å². The van der Waals surface area contributed by atoms with Crippen LogP contribution in [0.1, 0.15) is 52.5 Å². The number of ketones is 1. The van der Waals surface area contributed by atoms with Crippen molar-refractivity contribution in [3.05, 3.63) is 132 Å². The van der Waals surface area contributed by atoms with Crippen molar-refractivity contribution in [2.75, 3.05) is 0 Å². The topological polar surface area (TPSA) is 43.4 Å².